The molecule has 0 unspecified atom stereocenters. The zero-order chi connectivity index (χ0) is 20.3. The van der Waals surface area contributed by atoms with Crippen molar-refractivity contribution in [2.24, 2.45) is 0 Å². The lowest BCUT2D eigenvalue weighted by atomic mass is 9.88. The summed E-state index contributed by atoms with van der Waals surface area (Å²) in [5.74, 6) is 0.387. The average Bonchev–Trinajstić information content (AvgIpc) is 3.07. The number of amides is 1. The number of carbonyl (C=O) groups excluding carboxylic acids is 1. The molecule has 152 valence electrons. The van der Waals surface area contributed by atoms with Gasteiger partial charge in [0.05, 0.1) is 0 Å². The SMILES string of the molecule is CCc1cccc(C2CCN(C(=O)OCc3oc(=O)oc3C(C)(C)C)CC2)c1. The Kier molecular flexibility index (Phi) is 5.96. The molecule has 1 aliphatic rings. The molecule has 0 spiro atoms. The van der Waals surface area contributed by atoms with E-state index in [4.69, 9.17) is 13.6 Å². The zero-order valence-corrected chi connectivity index (χ0v) is 17.1. The summed E-state index contributed by atoms with van der Waals surface area (Å²) in [7, 11) is 0. The highest BCUT2D eigenvalue weighted by molar-refractivity contribution is 5.67. The quantitative estimate of drug-likeness (QED) is 0.766. The molecule has 2 heterocycles. The van der Waals surface area contributed by atoms with Crippen LogP contribution in [0.1, 0.15) is 69.1 Å². The van der Waals surface area contributed by atoms with Crippen molar-refractivity contribution < 1.29 is 18.4 Å². The van der Waals surface area contributed by atoms with Crippen LogP contribution in [0, 0.1) is 0 Å². The molecule has 1 aliphatic heterocycles. The summed E-state index contributed by atoms with van der Waals surface area (Å²) < 4.78 is 15.6. The molecule has 1 amide bonds. The van der Waals surface area contributed by atoms with E-state index in [-0.39, 0.29) is 18.5 Å². The van der Waals surface area contributed by atoms with Gasteiger partial charge in [0.1, 0.15) is 0 Å². The van der Waals surface area contributed by atoms with Gasteiger partial charge in [0.25, 0.3) is 0 Å². The lowest BCUT2D eigenvalue weighted by molar-refractivity contribution is 0.0804. The van der Waals surface area contributed by atoms with Gasteiger partial charge in [-0.15, -0.1) is 0 Å². The fourth-order valence-corrected chi connectivity index (χ4v) is 3.66. The molecule has 0 aliphatic carbocycles. The molecule has 6 heteroatoms. The van der Waals surface area contributed by atoms with Crippen molar-refractivity contribution in [3.8, 4) is 0 Å². The van der Waals surface area contributed by atoms with Crippen LogP contribution in [0.2, 0.25) is 0 Å². The molecule has 0 saturated carbocycles. The molecular formula is C22H29NO5. The van der Waals surface area contributed by atoms with E-state index in [2.05, 4.69) is 31.2 Å². The number of carbonyl (C=O) groups is 1. The molecule has 0 bridgehead atoms. The maximum atomic E-state index is 12.4. The van der Waals surface area contributed by atoms with Gasteiger partial charge in [0.15, 0.2) is 18.1 Å². The van der Waals surface area contributed by atoms with Gasteiger partial charge in [-0.25, -0.2) is 9.59 Å². The fraction of sp³-hybridized carbons (Fsp3) is 0.545. The molecule has 1 aromatic carbocycles. The van der Waals surface area contributed by atoms with E-state index < -0.39 is 11.2 Å². The summed E-state index contributed by atoms with van der Waals surface area (Å²) in [4.78, 5) is 25.6. The van der Waals surface area contributed by atoms with Crippen molar-refractivity contribution in [3.05, 3.63) is 57.5 Å². The number of rotatable bonds is 4. The summed E-state index contributed by atoms with van der Waals surface area (Å²) in [5, 5.41) is 0. The molecule has 0 N–H and O–H groups in total. The second-order valence-corrected chi connectivity index (χ2v) is 8.37. The first-order chi connectivity index (χ1) is 13.3. The van der Waals surface area contributed by atoms with Crippen molar-refractivity contribution in [3.63, 3.8) is 0 Å². The summed E-state index contributed by atoms with van der Waals surface area (Å²) in [6.07, 6.45) is 2.47. The second-order valence-electron chi connectivity index (χ2n) is 8.37. The molecule has 0 atom stereocenters. The van der Waals surface area contributed by atoms with Crippen LogP contribution in [0.5, 0.6) is 0 Å². The summed E-state index contributed by atoms with van der Waals surface area (Å²) in [6.45, 7) is 9.09. The van der Waals surface area contributed by atoms with Crippen LogP contribution in [-0.2, 0) is 23.2 Å². The van der Waals surface area contributed by atoms with Crippen LogP contribution in [-0.4, -0.2) is 24.1 Å². The van der Waals surface area contributed by atoms with Gasteiger partial charge >= 0.3 is 11.9 Å². The van der Waals surface area contributed by atoms with Crippen molar-refractivity contribution >= 4 is 6.09 Å². The van der Waals surface area contributed by atoms with Crippen molar-refractivity contribution in [2.75, 3.05) is 13.1 Å². The van der Waals surface area contributed by atoms with Crippen LogP contribution < -0.4 is 5.82 Å². The minimum Gasteiger partial charge on any atom is -0.441 e. The molecule has 1 fully saturated rings. The van der Waals surface area contributed by atoms with Crippen LogP contribution in [0.4, 0.5) is 4.79 Å². The van der Waals surface area contributed by atoms with E-state index >= 15 is 0 Å². The Labute approximate surface area is 165 Å². The molecular weight excluding hydrogens is 358 g/mol. The highest BCUT2D eigenvalue weighted by atomic mass is 16.6. The maximum absolute atomic E-state index is 12.4. The van der Waals surface area contributed by atoms with Crippen molar-refractivity contribution in [2.45, 2.75) is 64.9 Å². The highest BCUT2D eigenvalue weighted by Crippen LogP contribution is 2.29. The van der Waals surface area contributed by atoms with Gasteiger partial charge in [-0.05, 0) is 36.3 Å². The third kappa shape index (κ3) is 4.66. The first-order valence-corrected chi connectivity index (χ1v) is 9.91. The Morgan fingerprint density at radius 2 is 1.93 bits per heavy atom. The normalized spacial score (nSPS) is 15.6. The van der Waals surface area contributed by atoms with Crippen molar-refractivity contribution in [1.29, 1.82) is 0 Å². The fourth-order valence-electron chi connectivity index (χ4n) is 3.66. The Morgan fingerprint density at radius 3 is 2.57 bits per heavy atom. The molecule has 0 radical (unpaired) electrons. The van der Waals surface area contributed by atoms with Gasteiger partial charge < -0.3 is 18.5 Å². The summed E-state index contributed by atoms with van der Waals surface area (Å²) in [6, 6.07) is 8.71. The predicted molar refractivity (Wildman–Crippen MR) is 105 cm³/mol. The maximum Gasteiger partial charge on any atom is 0.519 e. The van der Waals surface area contributed by atoms with E-state index in [1.807, 2.05) is 20.8 Å². The van der Waals surface area contributed by atoms with Gasteiger partial charge in [-0.1, -0.05) is 52.0 Å². The molecule has 2 aromatic rings. The number of aryl methyl sites for hydroxylation is 1. The Morgan fingerprint density at radius 1 is 1.21 bits per heavy atom. The van der Waals surface area contributed by atoms with Gasteiger partial charge in [-0.3, -0.25) is 0 Å². The lowest BCUT2D eigenvalue weighted by Crippen LogP contribution is -2.38. The van der Waals surface area contributed by atoms with E-state index in [0.29, 0.717) is 24.8 Å². The third-order valence-corrected chi connectivity index (χ3v) is 5.24. The number of piperidine rings is 1. The summed E-state index contributed by atoms with van der Waals surface area (Å²) >= 11 is 0. The lowest BCUT2D eigenvalue weighted by Gasteiger charge is -2.31. The van der Waals surface area contributed by atoms with E-state index in [0.717, 1.165) is 19.3 Å². The number of ether oxygens (including phenoxy) is 1. The zero-order valence-electron chi connectivity index (χ0n) is 17.1. The van der Waals surface area contributed by atoms with E-state index in [1.165, 1.54) is 11.1 Å². The molecule has 1 saturated heterocycles. The van der Waals surface area contributed by atoms with E-state index in [9.17, 15) is 9.59 Å². The first kappa shape index (κ1) is 20.2. The predicted octanol–water partition coefficient (Wildman–Crippen LogP) is 4.61. The largest absolute Gasteiger partial charge is 0.519 e. The number of likely N-dealkylation sites (tertiary alicyclic amines) is 1. The second kappa shape index (κ2) is 8.25. The molecule has 1 aromatic heterocycles. The smallest absolute Gasteiger partial charge is 0.441 e. The highest BCUT2D eigenvalue weighted by Gasteiger charge is 2.28. The van der Waals surface area contributed by atoms with Gasteiger partial charge in [0.2, 0.25) is 0 Å². The Bertz CT molecular complexity index is 866. The van der Waals surface area contributed by atoms with Gasteiger partial charge in [-0.2, -0.15) is 0 Å². The minimum atomic E-state index is -0.772. The first-order valence-electron chi connectivity index (χ1n) is 9.91. The van der Waals surface area contributed by atoms with Gasteiger partial charge in [0, 0.05) is 18.5 Å². The topological polar surface area (TPSA) is 72.9 Å². The van der Waals surface area contributed by atoms with Crippen molar-refractivity contribution in [1.82, 2.24) is 4.90 Å². The molecule has 28 heavy (non-hydrogen) atoms. The minimum absolute atomic E-state index is 0.102. The number of benzene rings is 1. The summed E-state index contributed by atoms with van der Waals surface area (Å²) in [5.41, 5.74) is 2.29. The standard InChI is InChI=1S/C22H29NO5/c1-5-15-7-6-8-17(13-15)16-9-11-23(12-10-16)20(24)26-14-18-19(22(2,3)4)28-21(25)27-18/h6-8,13,16H,5,9-12,14H2,1-4H3. The molecule has 3 rings (SSSR count). The van der Waals surface area contributed by atoms with Crippen LogP contribution in [0.3, 0.4) is 0 Å². The average molecular weight is 387 g/mol. The number of nitrogens with zero attached hydrogens (tertiary/aromatic N) is 1. The number of hydrogen-bond donors (Lipinski definition) is 0. The van der Waals surface area contributed by atoms with Crippen LogP contribution >= 0.6 is 0 Å². The van der Waals surface area contributed by atoms with E-state index in [1.54, 1.807) is 4.90 Å². The van der Waals surface area contributed by atoms with Crippen LogP contribution in [0.15, 0.2) is 37.9 Å². The monoisotopic (exact) mass is 387 g/mol. The molecule has 6 nitrogen and oxygen atoms in total. The van der Waals surface area contributed by atoms with Crippen LogP contribution in [0.25, 0.3) is 0 Å². The Hall–Kier alpha value is -2.50. The third-order valence-electron chi connectivity index (χ3n) is 5.24. The Balaban J connectivity index is 1.55. The number of hydrogen-bond acceptors (Lipinski definition) is 5.